The van der Waals surface area contributed by atoms with Crippen molar-refractivity contribution in [3.8, 4) is 23.0 Å². The maximum Gasteiger partial charge on any atom is 0.326 e. The minimum absolute atomic E-state index is 0.0967. The molecule has 5 aromatic rings. The van der Waals surface area contributed by atoms with Gasteiger partial charge in [-0.3, -0.25) is 14.6 Å². The van der Waals surface area contributed by atoms with Gasteiger partial charge in [0.25, 0.3) is 5.91 Å². The Kier molecular flexibility index (Phi) is 10.4. The minimum atomic E-state index is -1.09. The summed E-state index contributed by atoms with van der Waals surface area (Å²) in [7, 11) is 1.53. The summed E-state index contributed by atoms with van der Waals surface area (Å²) < 4.78 is 17.7. The van der Waals surface area contributed by atoms with Gasteiger partial charge in [0.2, 0.25) is 5.91 Å². The summed E-state index contributed by atoms with van der Waals surface area (Å²) in [4.78, 5) is 41.0. The molecule has 0 saturated carbocycles. The van der Waals surface area contributed by atoms with E-state index in [9.17, 15) is 19.5 Å². The number of nitrogens with one attached hydrogen (secondary N) is 2. The molecular weight excluding hydrogens is 586 g/mol. The number of fused-ring (bicyclic) bond motifs is 1. The Morgan fingerprint density at radius 1 is 0.848 bits per heavy atom. The van der Waals surface area contributed by atoms with Gasteiger partial charge in [0.15, 0.2) is 11.5 Å². The number of carbonyl (C=O) groups is 3. The van der Waals surface area contributed by atoms with Crippen LogP contribution in [0.15, 0.2) is 109 Å². The lowest BCUT2D eigenvalue weighted by Gasteiger charge is -2.15. The van der Waals surface area contributed by atoms with E-state index in [2.05, 4.69) is 15.6 Å². The number of carbonyl (C=O) groups excluding carboxylic acids is 2. The van der Waals surface area contributed by atoms with Gasteiger partial charge in [-0.15, -0.1) is 0 Å². The summed E-state index contributed by atoms with van der Waals surface area (Å²) in [5.74, 6) is 0.372. The second-order valence-electron chi connectivity index (χ2n) is 10.4. The molecular formula is C36H33N3O7. The van der Waals surface area contributed by atoms with Crippen molar-refractivity contribution in [3.63, 3.8) is 0 Å². The summed E-state index contributed by atoms with van der Waals surface area (Å²) in [6, 6.07) is 29.4. The highest BCUT2D eigenvalue weighted by Crippen LogP contribution is 2.37. The van der Waals surface area contributed by atoms with Crippen LogP contribution >= 0.6 is 0 Å². The second kappa shape index (κ2) is 15.2. The fourth-order valence-electron chi connectivity index (χ4n) is 4.75. The van der Waals surface area contributed by atoms with Crippen molar-refractivity contribution in [2.45, 2.75) is 25.3 Å². The average molecular weight is 620 g/mol. The van der Waals surface area contributed by atoms with E-state index in [0.29, 0.717) is 51.6 Å². The van der Waals surface area contributed by atoms with Crippen LogP contribution in [0.25, 0.3) is 10.9 Å². The lowest BCUT2D eigenvalue weighted by Crippen LogP contribution is -2.42. The summed E-state index contributed by atoms with van der Waals surface area (Å²) in [5, 5.41) is 15.7. The zero-order valence-corrected chi connectivity index (χ0v) is 25.1. The zero-order valence-electron chi connectivity index (χ0n) is 25.1. The normalized spacial score (nSPS) is 11.3. The molecule has 0 aliphatic heterocycles. The first-order valence-electron chi connectivity index (χ1n) is 14.7. The number of ether oxygens (including phenoxy) is 3. The van der Waals surface area contributed by atoms with E-state index in [4.69, 9.17) is 14.2 Å². The molecule has 0 saturated heterocycles. The maximum absolute atomic E-state index is 12.5. The van der Waals surface area contributed by atoms with Crippen molar-refractivity contribution in [1.82, 2.24) is 10.3 Å². The number of nitrogens with zero attached hydrogens (tertiary/aromatic N) is 1. The number of pyridine rings is 1. The van der Waals surface area contributed by atoms with Crippen LogP contribution in [-0.4, -0.2) is 47.6 Å². The molecule has 1 unspecified atom stereocenters. The Labute approximate surface area is 266 Å². The van der Waals surface area contributed by atoms with Crippen LogP contribution < -0.4 is 24.8 Å². The highest BCUT2D eigenvalue weighted by atomic mass is 16.5. The Bertz CT molecular complexity index is 1800. The second-order valence-corrected chi connectivity index (χ2v) is 10.4. The van der Waals surface area contributed by atoms with Gasteiger partial charge in [0, 0.05) is 41.7 Å². The number of aromatic nitrogens is 1. The first kappa shape index (κ1) is 31.5. The highest BCUT2D eigenvalue weighted by Gasteiger charge is 2.20. The average Bonchev–Trinajstić information content (AvgIpc) is 3.08. The number of anilines is 1. The van der Waals surface area contributed by atoms with Gasteiger partial charge in [-0.05, 0) is 60.5 Å². The molecule has 234 valence electrons. The van der Waals surface area contributed by atoms with Crippen LogP contribution in [0.2, 0.25) is 0 Å². The van der Waals surface area contributed by atoms with Gasteiger partial charge < -0.3 is 30.0 Å². The van der Waals surface area contributed by atoms with Crippen LogP contribution in [0, 0.1) is 0 Å². The summed E-state index contributed by atoms with van der Waals surface area (Å²) in [6.07, 6.45) is 2.28. The zero-order chi connectivity index (χ0) is 32.3. The highest BCUT2D eigenvalue weighted by molar-refractivity contribution is 6.04. The number of carboxylic acids is 1. The molecule has 46 heavy (non-hydrogen) atoms. The molecule has 2 amide bonds. The van der Waals surface area contributed by atoms with Gasteiger partial charge in [0.05, 0.1) is 19.2 Å². The molecule has 0 aliphatic carbocycles. The minimum Gasteiger partial charge on any atom is -0.493 e. The van der Waals surface area contributed by atoms with Gasteiger partial charge in [0.1, 0.15) is 17.5 Å². The predicted octanol–water partition coefficient (Wildman–Crippen LogP) is 6.26. The molecule has 10 heteroatoms. The molecule has 0 fully saturated rings. The van der Waals surface area contributed by atoms with Crippen molar-refractivity contribution < 1.29 is 33.7 Å². The van der Waals surface area contributed by atoms with Crippen molar-refractivity contribution in [3.05, 3.63) is 120 Å². The number of hydrogen-bond donors (Lipinski definition) is 3. The smallest absolute Gasteiger partial charge is 0.326 e. The topological polar surface area (TPSA) is 136 Å². The van der Waals surface area contributed by atoms with Gasteiger partial charge >= 0.3 is 5.97 Å². The lowest BCUT2D eigenvalue weighted by atomic mass is 10.1. The van der Waals surface area contributed by atoms with Crippen LogP contribution in [0.4, 0.5) is 5.69 Å². The number of amides is 2. The quantitative estimate of drug-likeness (QED) is 0.124. The predicted molar refractivity (Wildman–Crippen MR) is 174 cm³/mol. The number of carboxylic acid groups (broad SMARTS) is 1. The summed E-state index contributed by atoms with van der Waals surface area (Å²) in [5.41, 5.74) is 2.64. The SMILES string of the molecule is COc1cc2c(Oc3ccc(NC(=O)c4ccccc4)cc3)ccnc2cc1OCCCC(=O)NC(Cc1ccccc1)C(=O)O. The third kappa shape index (κ3) is 8.38. The molecule has 0 aliphatic rings. The van der Waals surface area contributed by atoms with E-state index < -0.39 is 12.0 Å². The molecule has 3 N–H and O–H groups in total. The third-order valence-corrected chi connectivity index (χ3v) is 7.08. The van der Waals surface area contributed by atoms with Crippen LogP contribution in [-0.2, 0) is 16.0 Å². The van der Waals surface area contributed by atoms with E-state index in [1.165, 1.54) is 7.11 Å². The standard InChI is InChI=1S/C36H33N3O7/c1-44-32-22-28-29(23-33(32)45-20-8-13-34(40)39-30(36(42)43)21-24-9-4-2-5-10-24)37-19-18-31(28)46-27-16-14-26(15-17-27)38-35(41)25-11-6-3-7-12-25/h2-7,9-12,14-19,22-23,30H,8,13,20-21H2,1H3,(H,38,41)(H,39,40)(H,42,43). The van der Waals surface area contributed by atoms with Gasteiger partial charge in [-0.1, -0.05) is 48.5 Å². The van der Waals surface area contributed by atoms with Gasteiger partial charge in [-0.25, -0.2) is 4.79 Å². The molecule has 1 atom stereocenters. The number of rotatable bonds is 14. The molecule has 10 nitrogen and oxygen atoms in total. The van der Waals surface area contributed by atoms with E-state index in [1.807, 2.05) is 48.5 Å². The number of aliphatic carboxylic acids is 1. The molecule has 0 spiro atoms. The molecule has 5 rings (SSSR count). The monoisotopic (exact) mass is 619 g/mol. The number of methoxy groups -OCH3 is 1. The summed E-state index contributed by atoms with van der Waals surface area (Å²) in [6.45, 7) is 0.203. The fourth-order valence-corrected chi connectivity index (χ4v) is 4.75. The van der Waals surface area contributed by atoms with E-state index in [0.717, 1.165) is 5.56 Å². The number of hydrogen-bond acceptors (Lipinski definition) is 7. The molecule has 4 aromatic carbocycles. The first-order valence-corrected chi connectivity index (χ1v) is 14.7. The molecule has 0 radical (unpaired) electrons. The first-order chi connectivity index (χ1) is 22.4. The summed E-state index contributed by atoms with van der Waals surface area (Å²) >= 11 is 0. The molecule has 1 aromatic heterocycles. The fraction of sp³-hybridized carbons (Fsp3) is 0.167. The molecule has 1 heterocycles. The van der Waals surface area contributed by atoms with E-state index >= 15 is 0 Å². The van der Waals surface area contributed by atoms with E-state index in [1.54, 1.807) is 60.8 Å². The number of benzene rings is 4. The Morgan fingerprint density at radius 2 is 1.57 bits per heavy atom. The maximum atomic E-state index is 12.5. The van der Waals surface area contributed by atoms with Crippen LogP contribution in [0.5, 0.6) is 23.0 Å². The van der Waals surface area contributed by atoms with Crippen LogP contribution in [0.1, 0.15) is 28.8 Å². The van der Waals surface area contributed by atoms with Crippen molar-refractivity contribution in [1.29, 1.82) is 0 Å². The Balaban J connectivity index is 1.17. The van der Waals surface area contributed by atoms with Crippen LogP contribution in [0.3, 0.4) is 0 Å². The molecule has 0 bridgehead atoms. The third-order valence-electron chi connectivity index (χ3n) is 7.08. The van der Waals surface area contributed by atoms with Crippen molar-refractivity contribution in [2.24, 2.45) is 0 Å². The van der Waals surface area contributed by atoms with Crippen molar-refractivity contribution >= 4 is 34.4 Å². The van der Waals surface area contributed by atoms with Crippen molar-refractivity contribution in [2.75, 3.05) is 19.0 Å². The Morgan fingerprint density at radius 3 is 2.26 bits per heavy atom. The van der Waals surface area contributed by atoms with E-state index in [-0.39, 0.29) is 31.3 Å². The lowest BCUT2D eigenvalue weighted by molar-refractivity contribution is -0.141. The Hall–Kier alpha value is -5.90. The largest absolute Gasteiger partial charge is 0.493 e. The van der Waals surface area contributed by atoms with Gasteiger partial charge in [-0.2, -0.15) is 0 Å².